The molecule has 5 aromatic rings. The van der Waals surface area contributed by atoms with Gasteiger partial charge in [0, 0.05) is 53.1 Å². The summed E-state index contributed by atoms with van der Waals surface area (Å²) >= 11 is 1.41. The minimum absolute atomic E-state index is 0.0449. The number of amides is 1. The van der Waals surface area contributed by atoms with E-state index < -0.39 is 70.6 Å². The van der Waals surface area contributed by atoms with Crippen molar-refractivity contribution < 1.29 is 58.2 Å². The third kappa shape index (κ3) is 12.3. The van der Waals surface area contributed by atoms with Gasteiger partial charge < -0.3 is 20.4 Å². The van der Waals surface area contributed by atoms with E-state index in [9.17, 15) is 58.2 Å². The molecule has 4 N–H and O–H groups in total. The van der Waals surface area contributed by atoms with Crippen LogP contribution in [0.5, 0.6) is 0 Å². The topological polar surface area (TPSA) is 156 Å². The molecule has 0 spiro atoms. The van der Waals surface area contributed by atoms with Gasteiger partial charge in [-0.15, -0.1) is 11.8 Å². The fourth-order valence-electron chi connectivity index (χ4n) is 9.26. The van der Waals surface area contributed by atoms with Crippen LogP contribution in [-0.4, -0.2) is 93.5 Å². The molecule has 70 heavy (non-hydrogen) atoms. The predicted molar refractivity (Wildman–Crippen MR) is 258 cm³/mol. The highest BCUT2D eigenvalue weighted by molar-refractivity contribution is 7.99. The molecule has 20 heteroatoms. The van der Waals surface area contributed by atoms with Crippen molar-refractivity contribution >= 4 is 48.9 Å². The standard InChI is InChI=1S/C50H54F6N4O7S3/c1-48(25-7-27-60(48)30-31-61)26-22-38(33-68-40-8-3-2-4-9-40)57-44-21-20-41(32-45(44)69(64,65)50(54,55)56)70(66,67)58-47(63)36-14-18-39(19-15-36)59-28-23-35(24-29-59)46(62)43-11-6-5-10-42(43)34-12-16-37(17-13-34)49(51,52)53/h2-6,8-21,32,35,38,46,57,61-62H,7,22-31,33H2,1H3,(H,58,63)/t38-,46-,48+/m1/s1. The summed E-state index contributed by atoms with van der Waals surface area (Å²) in [5.74, 6) is -0.988. The van der Waals surface area contributed by atoms with E-state index in [4.69, 9.17) is 0 Å². The van der Waals surface area contributed by atoms with E-state index in [1.165, 1.54) is 36.0 Å². The van der Waals surface area contributed by atoms with Gasteiger partial charge >= 0.3 is 11.7 Å². The van der Waals surface area contributed by atoms with Gasteiger partial charge in [-0.25, -0.2) is 21.6 Å². The lowest BCUT2D eigenvalue weighted by Gasteiger charge is -2.36. The van der Waals surface area contributed by atoms with Crippen LogP contribution in [-0.2, 0) is 26.0 Å². The van der Waals surface area contributed by atoms with Gasteiger partial charge in [-0.2, -0.15) is 26.3 Å². The number of thioether (sulfide) groups is 1. The zero-order chi connectivity index (χ0) is 50.5. The molecule has 2 fully saturated rings. The lowest BCUT2D eigenvalue weighted by atomic mass is 9.84. The van der Waals surface area contributed by atoms with Crippen LogP contribution in [0.2, 0.25) is 0 Å². The number of alkyl halides is 6. The number of rotatable bonds is 18. The fourth-order valence-corrected chi connectivity index (χ4v) is 12.3. The van der Waals surface area contributed by atoms with Crippen molar-refractivity contribution in [2.75, 3.05) is 48.8 Å². The number of carbonyl (C=O) groups excluding carboxylic acids is 1. The summed E-state index contributed by atoms with van der Waals surface area (Å²) in [6.07, 6.45) is -1.63. The molecule has 7 rings (SSSR count). The Morgan fingerprint density at radius 2 is 1.50 bits per heavy atom. The van der Waals surface area contributed by atoms with Crippen LogP contribution in [0, 0.1) is 5.92 Å². The van der Waals surface area contributed by atoms with E-state index in [1.54, 1.807) is 36.4 Å². The first-order chi connectivity index (χ1) is 33.1. The Morgan fingerprint density at radius 3 is 2.14 bits per heavy atom. The lowest BCUT2D eigenvalue weighted by Crippen LogP contribution is -2.43. The smallest absolute Gasteiger partial charge is 0.395 e. The SMILES string of the molecule is C[C@@]1(CC[C@H](CSc2ccccc2)Nc2ccc(S(=O)(=O)NC(=O)c3ccc(N4CCC([C@@H](O)c5ccccc5-c5ccc(C(F)(F)F)cc5)CC4)cc3)cc2S(=O)(=O)C(F)(F)F)CCCN1CCO. The third-order valence-electron chi connectivity index (χ3n) is 13.2. The van der Waals surface area contributed by atoms with Crippen molar-refractivity contribution in [2.45, 2.75) is 89.5 Å². The van der Waals surface area contributed by atoms with Gasteiger partial charge in [0.1, 0.15) is 4.90 Å². The fraction of sp³-hybridized carbons (Fsp3) is 0.380. The number of β-amino-alcohol motifs (C(OH)–C–C–N with tert-alkyl or cyclic N) is 1. The number of nitrogens with zero attached hydrogens (tertiary/aromatic N) is 2. The van der Waals surface area contributed by atoms with Crippen molar-refractivity contribution in [3.63, 3.8) is 0 Å². The van der Waals surface area contributed by atoms with Gasteiger partial charge in [0.15, 0.2) is 0 Å². The predicted octanol–water partition coefficient (Wildman–Crippen LogP) is 9.93. The molecule has 0 unspecified atom stereocenters. The first kappa shape index (κ1) is 52.7. The van der Waals surface area contributed by atoms with Gasteiger partial charge in [-0.05, 0) is 141 Å². The van der Waals surface area contributed by atoms with Crippen molar-refractivity contribution in [3.8, 4) is 11.1 Å². The molecule has 2 saturated heterocycles. The molecular formula is C50H54F6N4O7S3. The Hall–Kier alpha value is -5.12. The molecule has 2 heterocycles. The van der Waals surface area contributed by atoms with E-state index in [1.807, 2.05) is 40.0 Å². The monoisotopic (exact) mass is 1030 g/mol. The maximum absolute atomic E-state index is 14.3. The average molecular weight is 1030 g/mol. The van der Waals surface area contributed by atoms with Gasteiger partial charge in [0.2, 0.25) is 0 Å². The van der Waals surface area contributed by atoms with Crippen molar-refractivity contribution in [1.82, 2.24) is 9.62 Å². The van der Waals surface area contributed by atoms with Crippen LogP contribution in [0.4, 0.5) is 37.7 Å². The van der Waals surface area contributed by atoms with Crippen LogP contribution in [0.1, 0.15) is 73.0 Å². The number of nitrogens with one attached hydrogen (secondary N) is 2. The van der Waals surface area contributed by atoms with Crippen molar-refractivity contribution in [3.05, 3.63) is 138 Å². The molecule has 0 bridgehead atoms. The Bertz CT molecular complexity index is 2810. The Labute approximate surface area is 408 Å². The number of aliphatic hydroxyl groups is 2. The number of hydrogen-bond acceptors (Lipinski definition) is 11. The van der Waals surface area contributed by atoms with E-state index in [-0.39, 0.29) is 23.6 Å². The summed E-state index contributed by atoms with van der Waals surface area (Å²) in [5.41, 5.74) is -5.03. The highest BCUT2D eigenvalue weighted by Gasteiger charge is 2.49. The minimum Gasteiger partial charge on any atom is -0.395 e. The summed E-state index contributed by atoms with van der Waals surface area (Å²) in [5, 5.41) is 24.1. The summed E-state index contributed by atoms with van der Waals surface area (Å²) in [7, 11) is -11.1. The molecule has 2 aliphatic heterocycles. The number of hydrogen-bond donors (Lipinski definition) is 4. The Kier molecular flexibility index (Phi) is 16.3. The number of aliphatic hydroxyl groups excluding tert-OH is 2. The van der Waals surface area contributed by atoms with Crippen LogP contribution >= 0.6 is 11.8 Å². The lowest BCUT2D eigenvalue weighted by molar-refractivity contribution is -0.137. The van der Waals surface area contributed by atoms with Crippen LogP contribution < -0.4 is 14.9 Å². The number of piperidine rings is 1. The maximum Gasteiger partial charge on any atom is 0.501 e. The summed E-state index contributed by atoms with van der Waals surface area (Å²) < 4.78 is 138. The Morgan fingerprint density at radius 1 is 0.843 bits per heavy atom. The van der Waals surface area contributed by atoms with E-state index in [0.29, 0.717) is 79.5 Å². The zero-order valence-electron chi connectivity index (χ0n) is 38.1. The van der Waals surface area contributed by atoms with Gasteiger partial charge in [0.05, 0.1) is 28.9 Å². The molecule has 1 amide bonds. The largest absolute Gasteiger partial charge is 0.501 e. The number of benzene rings is 5. The summed E-state index contributed by atoms with van der Waals surface area (Å²) in [6.45, 7) is 4.22. The number of sulfone groups is 1. The van der Waals surface area contributed by atoms with Gasteiger partial charge in [-0.3, -0.25) is 9.69 Å². The molecule has 5 aromatic carbocycles. The van der Waals surface area contributed by atoms with Crippen LogP contribution in [0.3, 0.4) is 0 Å². The van der Waals surface area contributed by atoms with Crippen LogP contribution in [0.15, 0.2) is 136 Å². The number of sulfonamides is 1. The highest BCUT2D eigenvalue weighted by atomic mass is 32.2. The minimum atomic E-state index is -6.13. The molecule has 0 saturated carbocycles. The molecule has 2 aliphatic rings. The maximum atomic E-state index is 14.3. The van der Waals surface area contributed by atoms with E-state index >= 15 is 0 Å². The number of carbonyl (C=O) groups is 1. The molecule has 0 aromatic heterocycles. The van der Waals surface area contributed by atoms with Crippen LogP contribution in [0.25, 0.3) is 11.1 Å². The van der Waals surface area contributed by atoms with Gasteiger partial charge in [-0.1, -0.05) is 54.6 Å². The van der Waals surface area contributed by atoms with Crippen molar-refractivity contribution in [2.24, 2.45) is 5.92 Å². The van der Waals surface area contributed by atoms with E-state index in [0.717, 1.165) is 48.5 Å². The summed E-state index contributed by atoms with van der Waals surface area (Å²) in [4.78, 5) is 16.2. The second kappa shape index (κ2) is 21.7. The second-order valence-electron chi connectivity index (χ2n) is 17.8. The van der Waals surface area contributed by atoms with Crippen molar-refractivity contribution in [1.29, 1.82) is 0 Å². The second-order valence-corrected chi connectivity index (χ2v) is 22.5. The number of likely N-dealkylation sites (tertiary alicyclic amines) is 1. The molecule has 376 valence electrons. The zero-order valence-corrected chi connectivity index (χ0v) is 40.5. The third-order valence-corrected chi connectivity index (χ3v) is 17.3. The molecule has 11 nitrogen and oxygen atoms in total. The molecule has 0 radical (unpaired) electrons. The first-order valence-electron chi connectivity index (χ1n) is 22.7. The molecule has 0 aliphatic carbocycles. The summed E-state index contributed by atoms with van der Waals surface area (Å²) in [6, 6.07) is 28.6. The Balaban J connectivity index is 1.03. The van der Waals surface area contributed by atoms with E-state index in [2.05, 4.69) is 17.1 Å². The van der Waals surface area contributed by atoms with Gasteiger partial charge in [0.25, 0.3) is 25.8 Å². The molecule has 3 atom stereocenters. The molecular weight excluding hydrogens is 979 g/mol. The number of halogens is 6. The highest BCUT2D eigenvalue weighted by Crippen LogP contribution is 2.41. The quantitative estimate of drug-likeness (QED) is 0.0490. The number of anilines is 2. The first-order valence-corrected chi connectivity index (χ1v) is 26.7. The average Bonchev–Trinajstić information content (AvgIpc) is 3.71. The normalized spacial score (nSPS) is 18.4.